The lowest BCUT2D eigenvalue weighted by atomic mass is 10.1. The molecule has 1 heterocycles. The molecule has 1 aliphatic rings. The minimum absolute atomic E-state index is 0.00677. The van der Waals surface area contributed by atoms with Crippen molar-refractivity contribution in [2.75, 3.05) is 26.2 Å². The molecule has 1 saturated heterocycles. The lowest BCUT2D eigenvalue weighted by Crippen LogP contribution is -2.50. The molecule has 0 radical (unpaired) electrons. The maximum absolute atomic E-state index is 13.8. The number of benzene rings is 2. The van der Waals surface area contributed by atoms with Gasteiger partial charge in [0.2, 0.25) is 5.91 Å². The molecule has 4 nitrogen and oxygen atoms in total. The zero-order valence-corrected chi connectivity index (χ0v) is 14.3. The van der Waals surface area contributed by atoms with Crippen molar-refractivity contribution in [1.29, 1.82) is 0 Å². The van der Waals surface area contributed by atoms with Crippen LogP contribution < -0.4 is 0 Å². The molecule has 0 spiro atoms. The third-order valence-corrected chi connectivity index (χ3v) is 4.56. The van der Waals surface area contributed by atoms with Crippen LogP contribution in [-0.4, -0.2) is 47.8 Å². The number of hydrogen-bond donors (Lipinski definition) is 0. The second kappa shape index (κ2) is 8.08. The zero-order chi connectivity index (χ0) is 18.5. The highest BCUT2D eigenvalue weighted by molar-refractivity contribution is 5.94. The zero-order valence-electron chi connectivity index (χ0n) is 14.3. The van der Waals surface area contributed by atoms with Crippen molar-refractivity contribution in [2.24, 2.45) is 0 Å². The molecule has 0 aromatic heterocycles. The molecule has 1 fully saturated rings. The first kappa shape index (κ1) is 18.0. The Morgan fingerprint density at radius 1 is 0.846 bits per heavy atom. The fraction of sp³-hybridized carbons (Fsp3) is 0.300. The first-order valence-corrected chi connectivity index (χ1v) is 8.60. The van der Waals surface area contributed by atoms with Gasteiger partial charge in [-0.25, -0.2) is 8.78 Å². The lowest BCUT2D eigenvalue weighted by molar-refractivity contribution is -0.132. The molecule has 0 aliphatic carbocycles. The molecule has 0 saturated carbocycles. The van der Waals surface area contributed by atoms with Gasteiger partial charge in [-0.05, 0) is 36.2 Å². The van der Waals surface area contributed by atoms with E-state index in [1.807, 2.05) is 0 Å². The Morgan fingerprint density at radius 3 is 2.12 bits per heavy atom. The predicted molar refractivity (Wildman–Crippen MR) is 93.6 cm³/mol. The van der Waals surface area contributed by atoms with Gasteiger partial charge in [0.15, 0.2) is 0 Å². The van der Waals surface area contributed by atoms with Crippen molar-refractivity contribution < 1.29 is 18.4 Å². The van der Waals surface area contributed by atoms with Crippen LogP contribution in [0, 0.1) is 11.6 Å². The summed E-state index contributed by atoms with van der Waals surface area (Å²) >= 11 is 0. The molecule has 0 N–H and O–H groups in total. The number of carbonyl (C=O) groups is 2. The predicted octanol–water partition coefficient (Wildman–Crippen LogP) is 2.88. The molecule has 2 aromatic carbocycles. The van der Waals surface area contributed by atoms with Gasteiger partial charge in [0, 0.05) is 32.6 Å². The van der Waals surface area contributed by atoms with Crippen LogP contribution in [0.3, 0.4) is 0 Å². The highest BCUT2D eigenvalue weighted by Gasteiger charge is 2.25. The Hall–Kier alpha value is -2.76. The number of aryl methyl sites for hydroxylation is 1. The number of halogens is 2. The molecule has 0 bridgehead atoms. The van der Waals surface area contributed by atoms with E-state index in [2.05, 4.69) is 0 Å². The van der Waals surface area contributed by atoms with Crippen LogP contribution in [0.1, 0.15) is 22.3 Å². The third-order valence-electron chi connectivity index (χ3n) is 4.56. The number of nitrogens with zero attached hydrogens (tertiary/aromatic N) is 2. The van der Waals surface area contributed by atoms with E-state index < -0.39 is 5.82 Å². The molecule has 2 aromatic rings. The summed E-state index contributed by atoms with van der Waals surface area (Å²) in [7, 11) is 0. The first-order valence-electron chi connectivity index (χ1n) is 8.60. The van der Waals surface area contributed by atoms with Crippen molar-refractivity contribution in [1.82, 2.24) is 9.80 Å². The van der Waals surface area contributed by atoms with Gasteiger partial charge < -0.3 is 9.80 Å². The molecule has 1 aliphatic heterocycles. The molecule has 3 rings (SSSR count). The Bertz CT molecular complexity index is 785. The van der Waals surface area contributed by atoms with Crippen LogP contribution in [0.15, 0.2) is 48.5 Å². The highest BCUT2D eigenvalue weighted by Crippen LogP contribution is 2.13. The first-order chi connectivity index (χ1) is 12.5. The second-order valence-electron chi connectivity index (χ2n) is 6.28. The number of piperazine rings is 1. The smallest absolute Gasteiger partial charge is 0.256 e. The second-order valence-corrected chi connectivity index (χ2v) is 6.28. The van der Waals surface area contributed by atoms with E-state index in [9.17, 15) is 18.4 Å². The summed E-state index contributed by atoms with van der Waals surface area (Å²) in [4.78, 5) is 28.0. The molecule has 0 unspecified atom stereocenters. The summed E-state index contributed by atoms with van der Waals surface area (Å²) in [5.74, 6) is -1.17. The van der Waals surface area contributed by atoms with Gasteiger partial charge in [-0.3, -0.25) is 9.59 Å². The van der Waals surface area contributed by atoms with Gasteiger partial charge in [0.1, 0.15) is 11.6 Å². The van der Waals surface area contributed by atoms with Crippen LogP contribution in [0.2, 0.25) is 0 Å². The van der Waals surface area contributed by atoms with Crippen molar-refractivity contribution in [3.8, 4) is 0 Å². The number of rotatable bonds is 4. The average molecular weight is 358 g/mol. The Labute approximate surface area is 151 Å². The van der Waals surface area contributed by atoms with E-state index >= 15 is 0 Å². The Morgan fingerprint density at radius 2 is 1.46 bits per heavy atom. The fourth-order valence-electron chi connectivity index (χ4n) is 3.02. The molecule has 136 valence electrons. The highest BCUT2D eigenvalue weighted by atomic mass is 19.1. The van der Waals surface area contributed by atoms with Crippen LogP contribution in [-0.2, 0) is 11.2 Å². The number of carbonyl (C=O) groups excluding carboxylic acids is 2. The van der Waals surface area contributed by atoms with Gasteiger partial charge in [-0.1, -0.05) is 24.3 Å². The minimum atomic E-state index is -0.532. The van der Waals surface area contributed by atoms with E-state index in [1.165, 1.54) is 24.3 Å². The SMILES string of the molecule is O=C(CCc1ccc(F)cc1)N1CCN(C(=O)c2ccccc2F)CC1. The average Bonchev–Trinajstić information content (AvgIpc) is 2.67. The van der Waals surface area contributed by atoms with Crippen LogP contribution >= 0.6 is 0 Å². The summed E-state index contributed by atoms with van der Waals surface area (Å²) in [6, 6.07) is 12.0. The molecule has 2 amide bonds. The van der Waals surface area contributed by atoms with Crippen molar-refractivity contribution >= 4 is 11.8 Å². The summed E-state index contributed by atoms with van der Waals surface area (Å²) in [6.07, 6.45) is 0.889. The maximum Gasteiger partial charge on any atom is 0.256 e. The van der Waals surface area contributed by atoms with E-state index in [4.69, 9.17) is 0 Å². The molecular formula is C20H20F2N2O2. The summed E-state index contributed by atoms with van der Waals surface area (Å²) < 4.78 is 26.6. The topological polar surface area (TPSA) is 40.6 Å². The third kappa shape index (κ3) is 4.25. The van der Waals surface area contributed by atoms with Gasteiger partial charge in [0.25, 0.3) is 5.91 Å². The van der Waals surface area contributed by atoms with Crippen molar-refractivity contribution in [3.63, 3.8) is 0 Å². The van der Waals surface area contributed by atoms with Gasteiger partial charge in [-0.2, -0.15) is 0 Å². The maximum atomic E-state index is 13.8. The monoisotopic (exact) mass is 358 g/mol. The van der Waals surface area contributed by atoms with Gasteiger partial charge >= 0.3 is 0 Å². The minimum Gasteiger partial charge on any atom is -0.339 e. The fourth-order valence-corrected chi connectivity index (χ4v) is 3.02. The van der Waals surface area contributed by atoms with E-state index in [1.54, 1.807) is 34.1 Å². The molecule has 6 heteroatoms. The Balaban J connectivity index is 1.50. The summed E-state index contributed by atoms with van der Waals surface area (Å²) in [5.41, 5.74) is 0.969. The molecule has 26 heavy (non-hydrogen) atoms. The van der Waals surface area contributed by atoms with Crippen LogP contribution in [0.5, 0.6) is 0 Å². The van der Waals surface area contributed by atoms with E-state index in [0.29, 0.717) is 39.0 Å². The molecule has 0 atom stereocenters. The van der Waals surface area contributed by atoms with E-state index in [0.717, 1.165) is 5.56 Å². The van der Waals surface area contributed by atoms with Gasteiger partial charge in [0.05, 0.1) is 5.56 Å². The summed E-state index contributed by atoms with van der Waals surface area (Å²) in [6.45, 7) is 1.63. The Kier molecular flexibility index (Phi) is 5.61. The molecular weight excluding hydrogens is 338 g/mol. The van der Waals surface area contributed by atoms with Crippen molar-refractivity contribution in [3.05, 3.63) is 71.3 Å². The van der Waals surface area contributed by atoms with Gasteiger partial charge in [-0.15, -0.1) is 0 Å². The standard InChI is InChI=1S/C20H20F2N2O2/c21-16-8-5-15(6-9-16)7-10-19(25)23-11-13-24(14-12-23)20(26)17-3-1-2-4-18(17)22/h1-6,8-9H,7,10-14H2. The number of amides is 2. The van der Waals surface area contributed by atoms with Crippen molar-refractivity contribution in [2.45, 2.75) is 12.8 Å². The van der Waals surface area contributed by atoms with Crippen LogP contribution in [0.4, 0.5) is 8.78 Å². The summed E-state index contributed by atoms with van der Waals surface area (Å²) in [5, 5.41) is 0. The van der Waals surface area contributed by atoms with Crippen LogP contribution in [0.25, 0.3) is 0 Å². The lowest BCUT2D eigenvalue weighted by Gasteiger charge is -2.35. The quantitative estimate of drug-likeness (QED) is 0.843. The largest absolute Gasteiger partial charge is 0.339 e. The van der Waals surface area contributed by atoms with E-state index in [-0.39, 0.29) is 23.2 Å². The number of hydrogen-bond acceptors (Lipinski definition) is 2. The normalized spacial score (nSPS) is 14.4.